The van der Waals surface area contributed by atoms with Crippen LogP contribution in [0.5, 0.6) is 0 Å². The van der Waals surface area contributed by atoms with E-state index in [0.717, 1.165) is 4.90 Å². The van der Waals surface area contributed by atoms with E-state index in [1.807, 2.05) is 0 Å². The summed E-state index contributed by atoms with van der Waals surface area (Å²) in [7, 11) is 1.43. The molecule has 0 unspecified atom stereocenters. The fraction of sp³-hybridized carbons (Fsp3) is 0.500. The fourth-order valence-corrected chi connectivity index (χ4v) is 0.266. The number of hydrogen-bond donors (Lipinski definition) is 1. The Labute approximate surface area is 47.3 Å². The molecule has 0 aromatic carbocycles. The van der Waals surface area contributed by atoms with Gasteiger partial charge in [0.2, 0.25) is 5.91 Å². The molecule has 4 heteroatoms. The first-order valence-electron chi connectivity index (χ1n) is 2.04. The summed E-state index contributed by atoms with van der Waals surface area (Å²) in [6.07, 6.45) is 1.48. The van der Waals surface area contributed by atoms with Gasteiger partial charge in [0, 0.05) is 7.05 Å². The summed E-state index contributed by atoms with van der Waals surface area (Å²) < 4.78 is 0. The molecule has 0 saturated heterocycles. The number of rotatable bonds is 3. The van der Waals surface area contributed by atoms with Crippen molar-refractivity contribution in [2.75, 3.05) is 13.6 Å². The van der Waals surface area contributed by atoms with Crippen LogP contribution in [-0.4, -0.2) is 30.8 Å². The molecule has 0 aromatic rings. The Kier molecular flexibility index (Phi) is 2.61. The van der Waals surface area contributed by atoms with Gasteiger partial charge in [0.15, 0.2) is 0 Å². The van der Waals surface area contributed by atoms with Gasteiger partial charge in [-0.2, -0.15) is 0 Å². The maximum Gasteiger partial charge on any atom is 0.312 e. The molecule has 4 nitrogen and oxygen atoms in total. The van der Waals surface area contributed by atoms with E-state index < -0.39 is 5.91 Å². The average Bonchev–Trinajstić information content (AvgIpc) is 1.65. The molecule has 8 heavy (non-hydrogen) atoms. The van der Waals surface area contributed by atoms with Crippen molar-refractivity contribution in [3.05, 3.63) is 0 Å². The van der Waals surface area contributed by atoms with Crippen LogP contribution < -0.4 is 5.73 Å². The molecule has 0 atom stereocenters. The van der Waals surface area contributed by atoms with Gasteiger partial charge >= 0.3 is 6.41 Å². The Bertz CT molecular complexity index is 102. The number of amides is 2. The summed E-state index contributed by atoms with van der Waals surface area (Å²) in [5, 5.41) is 0. The van der Waals surface area contributed by atoms with Crippen LogP contribution in [-0.2, 0) is 9.59 Å². The zero-order valence-corrected chi connectivity index (χ0v) is 4.55. The monoisotopic (exact) mass is 115 g/mol. The lowest BCUT2D eigenvalue weighted by Crippen LogP contribution is -2.29. The lowest BCUT2D eigenvalue weighted by molar-refractivity contribution is -0.118. The fourth-order valence-electron chi connectivity index (χ4n) is 0.266. The molecule has 0 aliphatic rings. The van der Waals surface area contributed by atoms with Crippen LogP contribution in [0.3, 0.4) is 0 Å². The minimum atomic E-state index is -0.532. The Morgan fingerprint density at radius 2 is 2.38 bits per heavy atom. The molecule has 0 aliphatic heterocycles. The van der Waals surface area contributed by atoms with Crippen molar-refractivity contribution in [1.82, 2.24) is 4.90 Å². The highest BCUT2D eigenvalue weighted by Crippen LogP contribution is 1.69. The van der Waals surface area contributed by atoms with E-state index >= 15 is 0 Å². The van der Waals surface area contributed by atoms with Crippen LogP contribution >= 0.6 is 0 Å². The van der Waals surface area contributed by atoms with Gasteiger partial charge in [-0.05, 0) is 0 Å². The van der Waals surface area contributed by atoms with Gasteiger partial charge in [-0.3, -0.25) is 9.59 Å². The van der Waals surface area contributed by atoms with Crippen LogP contribution in [0, 0.1) is 0 Å². The van der Waals surface area contributed by atoms with Crippen molar-refractivity contribution < 1.29 is 9.59 Å². The molecular formula is C4H7N2O2. The lowest BCUT2D eigenvalue weighted by atomic mass is 10.6. The summed E-state index contributed by atoms with van der Waals surface area (Å²) in [6.45, 7) is -0.0660. The summed E-state index contributed by atoms with van der Waals surface area (Å²) in [6, 6.07) is 0. The molecule has 2 N–H and O–H groups in total. The van der Waals surface area contributed by atoms with Crippen molar-refractivity contribution in [3.8, 4) is 0 Å². The van der Waals surface area contributed by atoms with Crippen LogP contribution in [0.4, 0.5) is 0 Å². The Morgan fingerprint density at radius 1 is 1.88 bits per heavy atom. The average molecular weight is 115 g/mol. The Morgan fingerprint density at radius 3 is 2.50 bits per heavy atom. The Balaban J connectivity index is 3.38. The zero-order chi connectivity index (χ0) is 6.57. The van der Waals surface area contributed by atoms with E-state index in [2.05, 4.69) is 0 Å². The predicted molar refractivity (Wildman–Crippen MR) is 27.5 cm³/mol. The number of nitrogens with two attached hydrogens (primary N) is 1. The highest BCUT2D eigenvalue weighted by Gasteiger charge is 1.97. The zero-order valence-electron chi connectivity index (χ0n) is 4.55. The molecule has 0 bridgehead atoms. The van der Waals surface area contributed by atoms with Crippen molar-refractivity contribution in [2.45, 2.75) is 0 Å². The maximum atomic E-state index is 9.97. The number of hydrogen-bond acceptors (Lipinski definition) is 2. The van der Waals surface area contributed by atoms with Gasteiger partial charge < -0.3 is 10.6 Å². The molecule has 0 heterocycles. The van der Waals surface area contributed by atoms with E-state index in [9.17, 15) is 9.59 Å². The summed E-state index contributed by atoms with van der Waals surface area (Å²) >= 11 is 0. The van der Waals surface area contributed by atoms with Gasteiger partial charge in [-0.25, -0.2) is 0 Å². The van der Waals surface area contributed by atoms with Gasteiger partial charge in [-0.1, -0.05) is 0 Å². The summed E-state index contributed by atoms with van der Waals surface area (Å²) in [5.41, 5.74) is 4.71. The highest BCUT2D eigenvalue weighted by molar-refractivity contribution is 5.77. The molecule has 45 valence electrons. The largest absolute Gasteiger partial charge is 0.368 e. The van der Waals surface area contributed by atoms with E-state index in [1.165, 1.54) is 13.5 Å². The van der Waals surface area contributed by atoms with Crippen LogP contribution in [0.15, 0.2) is 0 Å². The van der Waals surface area contributed by atoms with Gasteiger partial charge in [0.25, 0.3) is 0 Å². The minimum absolute atomic E-state index is 0.0660. The first kappa shape index (κ1) is 6.94. The lowest BCUT2D eigenvalue weighted by Gasteiger charge is -2.02. The van der Waals surface area contributed by atoms with Crippen molar-refractivity contribution in [2.24, 2.45) is 5.73 Å². The van der Waals surface area contributed by atoms with Gasteiger partial charge in [-0.15, -0.1) is 0 Å². The van der Waals surface area contributed by atoms with E-state index in [-0.39, 0.29) is 6.54 Å². The normalized spacial score (nSPS) is 8.12. The second-order valence-electron chi connectivity index (χ2n) is 1.41. The van der Waals surface area contributed by atoms with Crippen LogP contribution in [0.25, 0.3) is 0 Å². The topological polar surface area (TPSA) is 63.4 Å². The maximum absolute atomic E-state index is 9.97. The Hall–Kier alpha value is -1.06. The molecule has 0 fully saturated rings. The molecule has 0 rings (SSSR count). The summed E-state index contributed by atoms with van der Waals surface area (Å²) in [4.78, 5) is 20.6. The third-order valence-corrected chi connectivity index (χ3v) is 0.549. The van der Waals surface area contributed by atoms with Gasteiger partial charge in [0.05, 0.1) is 6.54 Å². The number of nitrogens with zero attached hydrogens (tertiary/aromatic N) is 1. The second kappa shape index (κ2) is 3.01. The smallest absolute Gasteiger partial charge is 0.312 e. The second-order valence-corrected chi connectivity index (χ2v) is 1.41. The van der Waals surface area contributed by atoms with Crippen LogP contribution in [0.2, 0.25) is 0 Å². The molecular weight excluding hydrogens is 108 g/mol. The number of carbonyl (C=O) groups is 1. The standard InChI is InChI=1S/C4H7N2O2/c1-6(3-7)2-4(5)8/h2H2,1H3,(H2,5,8). The third-order valence-electron chi connectivity index (χ3n) is 0.549. The van der Waals surface area contributed by atoms with Gasteiger partial charge in [0.1, 0.15) is 0 Å². The third kappa shape index (κ3) is 3.14. The molecule has 2 amide bonds. The van der Waals surface area contributed by atoms with E-state index in [4.69, 9.17) is 5.73 Å². The molecule has 1 radical (unpaired) electrons. The van der Waals surface area contributed by atoms with Crippen molar-refractivity contribution in [1.29, 1.82) is 0 Å². The van der Waals surface area contributed by atoms with Crippen molar-refractivity contribution in [3.63, 3.8) is 0 Å². The number of primary amides is 1. The van der Waals surface area contributed by atoms with Crippen molar-refractivity contribution >= 4 is 12.3 Å². The quantitative estimate of drug-likeness (QED) is 0.453. The van der Waals surface area contributed by atoms with E-state index in [0.29, 0.717) is 0 Å². The molecule has 0 aliphatic carbocycles. The first-order valence-corrected chi connectivity index (χ1v) is 2.04. The van der Waals surface area contributed by atoms with Crippen LogP contribution in [0.1, 0.15) is 0 Å². The molecule has 0 spiro atoms. The molecule has 0 saturated carbocycles. The summed E-state index contributed by atoms with van der Waals surface area (Å²) in [5.74, 6) is -0.532. The molecule has 0 aromatic heterocycles. The predicted octanol–water partition coefficient (Wildman–Crippen LogP) is -1.53. The number of carbonyl (C=O) groups excluding carboxylic acids is 2. The SMILES string of the molecule is CN([C]=O)CC(N)=O. The first-order chi connectivity index (χ1) is 3.66. The number of likely N-dealkylation sites (N-methyl/N-ethyl adjacent to an activating group) is 1. The highest BCUT2D eigenvalue weighted by atomic mass is 16.2. The minimum Gasteiger partial charge on any atom is -0.368 e. The van der Waals surface area contributed by atoms with E-state index in [1.54, 1.807) is 0 Å².